The smallest absolute Gasteiger partial charge is 0.0586 e. The molecule has 0 saturated carbocycles. The summed E-state index contributed by atoms with van der Waals surface area (Å²) in [7, 11) is 4.08. The molecular weight excluding hydrogens is 204 g/mol. The highest BCUT2D eigenvalue weighted by Crippen LogP contribution is 2.03. The van der Waals surface area contributed by atoms with E-state index >= 15 is 0 Å². The average Bonchev–Trinajstić information content (AvgIpc) is 2.29. The fourth-order valence-corrected chi connectivity index (χ4v) is 1.84. The zero-order valence-corrected chi connectivity index (χ0v) is 11.2. The van der Waals surface area contributed by atoms with Crippen LogP contribution in [0, 0.1) is 0 Å². The zero-order chi connectivity index (χ0) is 12.6. The van der Waals surface area contributed by atoms with E-state index in [1.807, 2.05) is 14.1 Å². The van der Waals surface area contributed by atoms with Gasteiger partial charge in [-0.05, 0) is 26.9 Å². The first kappa shape index (κ1) is 15.8. The minimum Gasteiger partial charge on any atom is -0.395 e. The van der Waals surface area contributed by atoms with Crippen LogP contribution in [0.1, 0.15) is 26.7 Å². The summed E-state index contributed by atoms with van der Waals surface area (Å²) < 4.78 is 0. The number of rotatable bonds is 9. The summed E-state index contributed by atoms with van der Waals surface area (Å²) in [6, 6.07) is 0.505. The van der Waals surface area contributed by atoms with Crippen LogP contribution in [0.2, 0.25) is 0 Å². The molecule has 4 heteroatoms. The van der Waals surface area contributed by atoms with Gasteiger partial charge in [0.2, 0.25) is 0 Å². The predicted molar refractivity (Wildman–Crippen MR) is 67.6 cm³/mol. The third kappa shape index (κ3) is 5.25. The van der Waals surface area contributed by atoms with Crippen LogP contribution in [0.4, 0.5) is 0 Å². The topological polar surface area (TPSA) is 46.9 Å². The van der Waals surface area contributed by atoms with Crippen molar-refractivity contribution in [2.45, 2.75) is 38.8 Å². The highest BCUT2D eigenvalue weighted by atomic mass is 16.3. The number of hydrogen-bond acceptors (Lipinski definition) is 4. The molecule has 0 heterocycles. The lowest BCUT2D eigenvalue weighted by atomic mass is 10.2. The maximum absolute atomic E-state index is 9.17. The van der Waals surface area contributed by atoms with Gasteiger partial charge >= 0.3 is 0 Å². The molecule has 0 amide bonds. The second-order valence-electron chi connectivity index (χ2n) is 4.45. The van der Waals surface area contributed by atoms with Gasteiger partial charge in [-0.3, -0.25) is 9.80 Å². The summed E-state index contributed by atoms with van der Waals surface area (Å²) in [6.45, 7) is 6.45. The SMILES string of the molecule is CC[C@@H](CO)N(C)CCN(C)[C@@H](CC)CO. The Morgan fingerprint density at radius 2 is 1.12 bits per heavy atom. The Balaban J connectivity index is 3.93. The quantitative estimate of drug-likeness (QED) is 0.604. The maximum atomic E-state index is 9.17. The van der Waals surface area contributed by atoms with Crippen LogP contribution in [-0.4, -0.2) is 72.5 Å². The molecule has 0 spiro atoms. The molecule has 0 aromatic carbocycles. The minimum absolute atomic E-state index is 0.216. The molecule has 0 bridgehead atoms. The molecule has 0 saturated heterocycles. The van der Waals surface area contributed by atoms with Crippen molar-refractivity contribution in [2.24, 2.45) is 0 Å². The third-order valence-corrected chi connectivity index (χ3v) is 3.42. The van der Waals surface area contributed by atoms with Gasteiger partial charge in [-0.15, -0.1) is 0 Å². The Morgan fingerprint density at radius 1 is 0.812 bits per heavy atom. The molecule has 4 nitrogen and oxygen atoms in total. The van der Waals surface area contributed by atoms with E-state index in [4.69, 9.17) is 10.2 Å². The molecule has 0 rings (SSSR count). The van der Waals surface area contributed by atoms with Crippen LogP contribution < -0.4 is 0 Å². The van der Waals surface area contributed by atoms with Gasteiger partial charge in [0.15, 0.2) is 0 Å². The Morgan fingerprint density at radius 3 is 1.31 bits per heavy atom. The van der Waals surface area contributed by atoms with Gasteiger partial charge in [-0.25, -0.2) is 0 Å². The van der Waals surface area contributed by atoms with Crippen molar-refractivity contribution in [1.29, 1.82) is 0 Å². The van der Waals surface area contributed by atoms with Crippen molar-refractivity contribution in [1.82, 2.24) is 9.80 Å². The molecule has 98 valence electrons. The lowest BCUT2D eigenvalue weighted by Gasteiger charge is -2.30. The fraction of sp³-hybridized carbons (Fsp3) is 1.00. The first-order valence-corrected chi connectivity index (χ1v) is 6.22. The van der Waals surface area contributed by atoms with Crippen LogP contribution in [0.25, 0.3) is 0 Å². The highest BCUT2D eigenvalue weighted by molar-refractivity contribution is 4.70. The molecule has 2 N–H and O–H groups in total. The average molecular weight is 232 g/mol. The summed E-state index contributed by atoms with van der Waals surface area (Å²) in [5, 5.41) is 18.3. The third-order valence-electron chi connectivity index (χ3n) is 3.42. The number of aliphatic hydroxyl groups is 2. The number of likely N-dealkylation sites (N-methyl/N-ethyl adjacent to an activating group) is 2. The minimum atomic E-state index is 0.216. The molecule has 0 unspecified atom stereocenters. The standard InChI is InChI=1S/C12H28N2O2/c1-5-11(9-15)13(3)7-8-14(4)12(6-2)10-16/h11-12,15-16H,5-10H2,1-4H3/t11-,12-/m0/s1. The fourth-order valence-electron chi connectivity index (χ4n) is 1.84. The van der Waals surface area contributed by atoms with Crippen molar-refractivity contribution in [2.75, 3.05) is 40.4 Å². The van der Waals surface area contributed by atoms with E-state index in [0.717, 1.165) is 25.9 Å². The summed E-state index contributed by atoms with van der Waals surface area (Å²) >= 11 is 0. The first-order chi connectivity index (χ1) is 7.60. The van der Waals surface area contributed by atoms with Crippen molar-refractivity contribution in [3.8, 4) is 0 Å². The summed E-state index contributed by atoms with van der Waals surface area (Å²) in [5.74, 6) is 0. The van der Waals surface area contributed by atoms with Crippen LogP contribution in [0.15, 0.2) is 0 Å². The van der Waals surface area contributed by atoms with Crippen LogP contribution in [0.3, 0.4) is 0 Å². The predicted octanol–water partition coefficient (Wildman–Crippen LogP) is 0.392. The summed E-state index contributed by atoms with van der Waals surface area (Å²) in [5.41, 5.74) is 0. The molecule has 0 aromatic rings. The van der Waals surface area contributed by atoms with Gasteiger partial charge in [-0.1, -0.05) is 13.8 Å². The summed E-state index contributed by atoms with van der Waals surface area (Å²) in [4.78, 5) is 4.36. The molecule has 0 aliphatic heterocycles. The van der Waals surface area contributed by atoms with Gasteiger partial charge in [-0.2, -0.15) is 0 Å². The maximum Gasteiger partial charge on any atom is 0.0586 e. The van der Waals surface area contributed by atoms with Gasteiger partial charge in [0.1, 0.15) is 0 Å². The van der Waals surface area contributed by atoms with E-state index in [-0.39, 0.29) is 25.3 Å². The summed E-state index contributed by atoms with van der Waals surface area (Å²) in [6.07, 6.45) is 1.93. The Bertz CT molecular complexity index is 141. The van der Waals surface area contributed by atoms with Crippen LogP contribution >= 0.6 is 0 Å². The molecule has 0 fully saturated rings. The lowest BCUT2D eigenvalue weighted by molar-refractivity contribution is 0.104. The Kier molecular flexibility index (Phi) is 8.84. The van der Waals surface area contributed by atoms with E-state index in [0.29, 0.717) is 0 Å². The van der Waals surface area contributed by atoms with Crippen molar-refractivity contribution in [3.05, 3.63) is 0 Å². The normalized spacial score (nSPS) is 15.8. The van der Waals surface area contributed by atoms with Gasteiger partial charge in [0.05, 0.1) is 13.2 Å². The van der Waals surface area contributed by atoms with E-state index in [1.165, 1.54) is 0 Å². The monoisotopic (exact) mass is 232 g/mol. The molecular formula is C12H28N2O2. The Labute approximate surface area is 99.9 Å². The number of aliphatic hydroxyl groups excluding tert-OH is 2. The van der Waals surface area contributed by atoms with Crippen LogP contribution in [-0.2, 0) is 0 Å². The van der Waals surface area contributed by atoms with E-state index in [9.17, 15) is 0 Å². The molecule has 2 atom stereocenters. The zero-order valence-electron chi connectivity index (χ0n) is 11.2. The van der Waals surface area contributed by atoms with Crippen molar-refractivity contribution < 1.29 is 10.2 Å². The molecule has 0 radical (unpaired) electrons. The second-order valence-corrected chi connectivity index (χ2v) is 4.45. The second kappa shape index (κ2) is 8.93. The van der Waals surface area contributed by atoms with Gasteiger partial charge in [0.25, 0.3) is 0 Å². The number of nitrogens with zero attached hydrogens (tertiary/aromatic N) is 2. The van der Waals surface area contributed by atoms with Gasteiger partial charge < -0.3 is 10.2 Å². The van der Waals surface area contributed by atoms with Crippen molar-refractivity contribution in [3.63, 3.8) is 0 Å². The highest BCUT2D eigenvalue weighted by Gasteiger charge is 2.15. The molecule has 16 heavy (non-hydrogen) atoms. The number of hydrogen-bond donors (Lipinski definition) is 2. The van der Waals surface area contributed by atoms with E-state index < -0.39 is 0 Å². The molecule has 0 aliphatic carbocycles. The largest absolute Gasteiger partial charge is 0.395 e. The molecule has 0 aromatic heterocycles. The Hall–Kier alpha value is -0.160. The molecule has 0 aliphatic rings. The van der Waals surface area contributed by atoms with Gasteiger partial charge in [0, 0.05) is 25.2 Å². The van der Waals surface area contributed by atoms with Crippen LogP contribution in [0.5, 0.6) is 0 Å². The van der Waals surface area contributed by atoms with E-state index in [1.54, 1.807) is 0 Å². The van der Waals surface area contributed by atoms with Crippen molar-refractivity contribution >= 4 is 0 Å². The van der Waals surface area contributed by atoms with E-state index in [2.05, 4.69) is 23.6 Å². The lowest BCUT2D eigenvalue weighted by Crippen LogP contribution is -2.42. The first-order valence-electron chi connectivity index (χ1n) is 6.22.